The van der Waals surface area contributed by atoms with Gasteiger partial charge in [-0.3, -0.25) is 0 Å². The second kappa shape index (κ2) is 7.64. The molecular formula is C30H24N2Si. The van der Waals surface area contributed by atoms with Gasteiger partial charge in [-0.25, -0.2) is 9.97 Å². The SMILES string of the molecule is C[Si]1(C)c2ccccc2-c2c(-c3ccccc3)nc(-c3cccc(-c4ccccc4)c3)nc21. The van der Waals surface area contributed by atoms with Gasteiger partial charge in [-0.15, -0.1) is 0 Å². The highest BCUT2D eigenvalue weighted by Crippen LogP contribution is 2.36. The van der Waals surface area contributed by atoms with Crippen LogP contribution in [0, 0.1) is 0 Å². The molecule has 158 valence electrons. The van der Waals surface area contributed by atoms with E-state index in [1.54, 1.807) is 0 Å². The molecule has 0 unspecified atom stereocenters. The van der Waals surface area contributed by atoms with Crippen LogP contribution in [0.5, 0.6) is 0 Å². The molecule has 0 radical (unpaired) electrons. The quantitative estimate of drug-likeness (QED) is 0.309. The van der Waals surface area contributed by atoms with Crippen LogP contribution in [-0.2, 0) is 0 Å². The first-order valence-electron chi connectivity index (χ1n) is 11.4. The highest BCUT2D eigenvalue weighted by molar-refractivity contribution is 7.03. The normalized spacial score (nSPS) is 13.4. The Balaban J connectivity index is 1.61. The molecular weight excluding hydrogens is 416 g/mol. The van der Waals surface area contributed by atoms with Crippen LogP contribution in [-0.4, -0.2) is 18.0 Å². The summed E-state index contributed by atoms with van der Waals surface area (Å²) < 4.78 is 0. The lowest BCUT2D eigenvalue weighted by Crippen LogP contribution is -2.50. The van der Waals surface area contributed by atoms with E-state index >= 15 is 0 Å². The van der Waals surface area contributed by atoms with Crippen molar-refractivity contribution < 1.29 is 0 Å². The maximum absolute atomic E-state index is 5.26. The highest BCUT2D eigenvalue weighted by atomic mass is 28.3. The zero-order chi connectivity index (χ0) is 22.4. The van der Waals surface area contributed by atoms with Crippen LogP contribution in [0.15, 0.2) is 109 Å². The summed E-state index contributed by atoms with van der Waals surface area (Å²) >= 11 is 0. The van der Waals surface area contributed by atoms with Crippen molar-refractivity contribution in [3.05, 3.63) is 109 Å². The molecule has 3 heteroatoms. The molecule has 5 aromatic rings. The number of rotatable bonds is 3. The van der Waals surface area contributed by atoms with E-state index in [0.717, 1.165) is 22.6 Å². The second-order valence-corrected chi connectivity index (χ2v) is 13.4. The fourth-order valence-corrected chi connectivity index (χ4v) is 7.86. The molecule has 6 rings (SSSR count). The number of nitrogens with zero attached hydrogens (tertiary/aromatic N) is 2. The van der Waals surface area contributed by atoms with Gasteiger partial charge in [0.05, 0.1) is 5.69 Å². The van der Waals surface area contributed by atoms with Crippen LogP contribution >= 0.6 is 0 Å². The molecule has 2 nitrogen and oxygen atoms in total. The van der Waals surface area contributed by atoms with Crippen LogP contribution in [0.4, 0.5) is 0 Å². The molecule has 0 aliphatic carbocycles. The highest BCUT2D eigenvalue weighted by Gasteiger charge is 2.41. The van der Waals surface area contributed by atoms with Crippen molar-refractivity contribution in [3.8, 4) is 44.9 Å². The molecule has 0 amide bonds. The third kappa shape index (κ3) is 3.24. The Morgan fingerprint density at radius 3 is 1.91 bits per heavy atom. The Morgan fingerprint density at radius 2 is 1.15 bits per heavy atom. The lowest BCUT2D eigenvalue weighted by atomic mass is 10.00. The van der Waals surface area contributed by atoms with Crippen molar-refractivity contribution in [2.75, 3.05) is 0 Å². The van der Waals surface area contributed by atoms with E-state index in [4.69, 9.17) is 9.97 Å². The Kier molecular flexibility index (Phi) is 4.59. The molecule has 1 aliphatic heterocycles. The van der Waals surface area contributed by atoms with Gasteiger partial charge in [-0.05, 0) is 27.9 Å². The molecule has 2 heterocycles. The van der Waals surface area contributed by atoms with Gasteiger partial charge in [0.15, 0.2) is 5.82 Å². The van der Waals surface area contributed by atoms with Gasteiger partial charge in [-0.2, -0.15) is 0 Å². The minimum absolute atomic E-state index is 0.804. The molecule has 0 spiro atoms. The first kappa shape index (κ1) is 19.8. The average molecular weight is 441 g/mol. The Labute approximate surface area is 195 Å². The van der Waals surface area contributed by atoms with E-state index < -0.39 is 8.07 Å². The van der Waals surface area contributed by atoms with E-state index in [1.807, 2.05) is 6.07 Å². The molecule has 0 saturated heterocycles. The van der Waals surface area contributed by atoms with E-state index in [-0.39, 0.29) is 0 Å². The summed E-state index contributed by atoms with van der Waals surface area (Å²) in [4.78, 5) is 10.5. The Morgan fingerprint density at radius 1 is 0.545 bits per heavy atom. The number of hydrogen-bond donors (Lipinski definition) is 0. The third-order valence-corrected chi connectivity index (χ3v) is 9.97. The maximum Gasteiger partial charge on any atom is 0.159 e. The van der Waals surface area contributed by atoms with E-state index in [1.165, 1.54) is 32.8 Å². The predicted molar refractivity (Wildman–Crippen MR) is 141 cm³/mol. The van der Waals surface area contributed by atoms with Gasteiger partial charge in [0, 0.05) is 22.0 Å². The zero-order valence-corrected chi connectivity index (χ0v) is 19.8. The zero-order valence-electron chi connectivity index (χ0n) is 18.8. The summed E-state index contributed by atoms with van der Waals surface area (Å²) in [5, 5.41) is 2.68. The van der Waals surface area contributed by atoms with Crippen molar-refractivity contribution >= 4 is 18.6 Å². The maximum atomic E-state index is 5.26. The smallest absolute Gasteiger partial charge is 0.159 e. The first-order chi connectivity index (χ1) is 16.1. The van der Waals surface area contributed by atoms with Crippen molar-refractivity contribution in [2.24, 2.45) is 0 Å². The van der Waals surface area contributed by atoms with Crippen LogP contribution in [0.25, 0.3) is 44.9 Å². The summed E-state index contributed by atoms with van der Waals surface area (Å²) in [5.41, 5.74) is 8.12. The molecule has 0 atom stereocenters. The predicted octanol–water partition coefficient (Wildman–Crippen LogP) is 6.28. The van der Waals surface area contributed by atoms with Gasteiger partial charge in [0.1, 0.15) is 8.07 Å². The van der Waals surface area contributed by atoms with Crippen LogP contribution in [0.1, 0.15) is 0 Å². The topological polar surface area (TPSA) is 25.8 Å². The van der Waals surface area contributed by atoms with Crippen molar-refractivity contribution in [1.82, 2.24) is 9.97 Å². The van der Waals surface area contributed by atoms with Crippen LogP contribution in [0.3, 0.4) is 0 Å². The standard InChI is InChI=1S/C30H24N2Si/c1-33(2)26-19-10-9-18-25(26)27-28(22-14-7-4-8-15-22)31-29(32-30(27)33)24-17-11-16-23(20-24)21-12-5-3-6-13-21/h3-20H,1-2H3. The number of benzene rings is 4. The van der Waals surface area contributed by atoms with Crippen LogP contribution < -0.4 is 10.5 Å². The summed E-state index contributed by atoms with van der Waals surface area (Å²) in [6.07, 6.45) is 0. The van der Waals surface area contributed by atoms with Gasteiger partial charge >= 0.3 is 0 Å². The minimum atomic E-state index is -1.94. The first-order valence-corrected chi connectivity index (χ1v) is 14.4. The summed E-state index contributed by atoms with van der Waals surface area (Å²) in [5.74, 6) is 0.804. The average Bonchev–Trinajstić information content (AvgIpc) is 3.12. The summed E-state index contributed by atoms with van der Waals surface area (Å²) in [6.45, 7) is 4.81. The number of fused-ring (bicyclic) bond motifs is 3. The summed E-state index contributed by atoms with van der Waals surface area (Å²) in [6, 6.07) is 38.4. The molecule has 0 saturated carbocycles. The molecule has 0 fully saturated rings. The summed E-state index contributed by atoms with van der Waals surface area (Å²) in [7, 11) is -1.94. The fraction of sp³-hybridized carbons (Fsp3) is 0.0667. The van der Waals surface area contributed by atoms with Crippen molar-refractivity contribution in [3.63, 3.8) is 0 Å². The number of aromatic nitrogens is 2. The lowest BCUT2D eigenvalue weighted by Gasteiger charge is -2.19. The molecule has 1 aromatic heterocycles. The lowest BCUT2D eigenvalue weighted by molar-refractivity contribution is 1.21. The molecule has 0 N–H and O–H groups in total. The van der Waals surface area contributed by atoms with Crippen molar-refractivity contribution in [2.45, 2.75) is 13.1 Å². The van der Waals surface area contributed by atoms with Gasteiger partial charge in [0.2, 0.25) is 0 Å². The van der Waals surface area contributed by atoms with Gasteiger partial charge < -0.3 is 0 Å². The van der Waals surface area contributed by atoms with Crippen molar-refractivity contribution in [1.29, 1.82) is 0 Å². The molecule has 4 aromatic carbocycles. The minimum Gasteiger partial charge on any atom is -0.237 e. The molecule has 0 bridgehead atoms. The largest absolute Gasteiger partial charge is 0.237 e. The molecule has 33 heavy (non-hydrogen) atoms. The Hall–Kier alpha value is -3.82. The van der Waals surface area contributed by atoms with E-state index in [2.05, 4.69) is 116 Å². The van der Waals surface area contributed by atoms with E-state index in [9.17, 15) is 0 Å². The fourth-order valence-electron chi connectivity index (χ4n) is 4.94. The monoisotopic (exact) mass is 440 g/mol. The Bertz CT molecular complexity index is 1470. The number of hydrogen-bond acceptors (Lipinski definition) is 2. The van der Waals surface area contributed by atoms with Gasteiger partial charge in [-0.1, -0.05) is 116 Å². The third-order valence-electron chi connectivity index (χ3n) is 6.65. The van der Waals surface area contributed by atoms with Gasteiger partial charge in [0.25, 0.3) is 0 Å². The molecule has 1 aliphatic rings. The van der Waals surface area contributed by atoms with Crippen LogP contribution in [0.2, 0.25) is 13.1 Å². The second-order valence-electron chi connectivity index (χ2n) is 9.10. The van der Waals surface area contributed by atoms with E-state index in [0.29, 0.717) is 0 Å².